The summed E-state index contributed by atoms with van der Waals surface area (Å²) in [6.45, 7) is 0. The maximum atomic E-state index is 12.6. The first-order valence-corrected chi connectivity index (χ1v) is 5.97. The molecule has 0 atom stereocenters. The summed E-state index contributed by atoms with van der Waals surface area (Å²) in [5.41, 5.74) is 0.725. The predicted octanol–water partition coefficient (Wildman–Crippen LogP) is 3.28. The third-order valence-corrected chi connectivity index (χ3v) is 3.18. The first-order valence-electron chi connectivity index (χ1n) is 4.80. The number of aromatic nitrogens is 2. The van der Waals surface area contributed by atoms with E-state index in [0.717, 1.165) is 12.3 Å². The van der Waals surface area contributed by atoms with Gasteiger partial charge in [0, 0.05) is 6.20 Å². The zero-order valence-electron chi connectivity index (χ0n) is 8.82. The summed E-state index contributed by atoms with van der Waals surface area (Å²) in [6, 6.07) is 4.07. The van der Waals surface area contributed by atoms with Gasteiger partial charge in [0.1, 0.15) is 5.15 Å². The van der Waals surface area contributed by atoms with Crippen LogP contribution in [0.1, 0.15) is 10.4 Å². The quantitative estimate of drug-likeness (QED) is 0.860. The van der Waals surface area contributed by atoms with Gasteiger partial charge in [-0.25, -0.2) is 9.97 Å². The Balaban J connectivity index is 2.16. The van der Waals surface area contributed by atoms with Crippen molar-refractivity contribution in [2.75, 3.05) is 5.32 Å². The van der Waals surface area contributed by atoms with Gasteiger partial charge in [-0.1, -0.05) is 11.6 Å². The Morgan fingerprint density at radius 3 is 2.72 bits per heavy atom. The lowest BCUT2D eigenvalue weighted by Crippen LogP contribution is -2.12. The molecule has 0 fully saturated rings. The average Bonchev–Trinajstić information content (AvgIpc) is 2.34. The molecule has 2 aromatic rings. The number of pyridine rings is 2. The van der Waals surface area contributed by atoms with Crippen molar-refractivity contribution in [2.45, 2.75) is 0 Å². The minimum atomic E-state index is -0.637. The maximum absolute atomic E-state index is 12.6. The molecule has 0 unspecified atom stereocenters. The van der Waals surface area contributed by atoms with Crippen LogP contribution in [0, 0.1) is 5.95 Å². The second-order valence-corrected chi connectivity index (χ2v) is 4.53. The lowest BCUT2D eigenvalue weighted by molar-refractivity contribution is 0.102. The summed E-state index contributed by atoms with van der Waals surface area (Å²) in [4.78, 5) is 19.0. The molecule has 4 nitrogen and oxygen atoms in total. The summed E-state index contributed by atoms with van der Waals surface area (Å²) >= 11 is 8.92. The number of hydrogen-bond acceptors (Lipinski definition) is 3. The molecule has 0 aliphatic rings. The number of rotatable bonds is 2. The summed E-state index contributed by atoms with van der Waals surface area (Å²) in [5, 5.41) is 2.90. The molecular weight excluding hydrogens is 324 g/mol. The smallest absolute Gasteiger partial charge is 0.257 e. The first-order chi connectivity index (χ1) is 8.56. The maximum Gasteiger partial charge on any atom is 0.257 e. The predicted molar refractivity (Wildman–Crippen MR) is 69.1 cm³/mol. The van der Waals surface area contributed by atoms with Gasteiger partial charge in [-0.15, -0.1) is 0 Å². The number of hydrogen-bond donors (Lipinski definition) is 1. The minimum Gasteiger partial charge on any atom is -0.321 e. The number of nitrogens with zero attached hydrogens (tertiary/aromatic N) is 2. The zero-order chi connectivity index (χ0) is 13.1. The summed E-state index contributed by atoms with van der Waals surface area (Å²) in [5.74, 6) is -1.04. The van der Waals surface area contributed by atoms with Gasteiger partial charge in [0.15, 0.2) is 0 Å². The second kappa shape index (κ2) is 5.41. The van der Waals surface area contributed by atoms with Crippen LogP contribution < -0.4 is 5.32 Å². The van der Waals surface area contributed by atoms with Crippen LogP contribution in [0.3, 0.4) is 0 Å². The van der Waals surface area contributed by atoms with Crippen molar-refractivity contribution >= 4 is 39.1 Å². The molecule has 92 valence electrons. The highest BCUT2D eigenvalue weighted by Crippen LogP contribution is 2.23. The fraction of sp³-hybridized carbons (Fsp3) is 0. The number of halogens is 3. The number of amides is 1. The molecule has 0 aliphatic heterocycles. The molecule has 1 N–H and O–H groups in total. The van der Waals surface area contributed by atoms with E-state index in [1.54, 1.807) is 6.07 Å². The molecular formula is C11H6BrClFN3O. The van der Waals surface area contributed by atoms with E-state index in [2.05, 4.69) is 31.2 Å². The van der Waals surface area contributed by atoms with Crippen LogP contribution in [0.25, 0.3) is 0 Å². The van der Waals surface area contributed by atoms with E-state index >= 15 is 0 Å². The highest BCUT2D eigenvalue weighted by molar-refractivity contribution is 9.10. The number of carbonyl (C=O) groups is 1. The lowest BCUT2D eigenvalue weighted by atomic mass is 10.2. The molecule has 18 heavy (non-hydrogen) atoms. The highest BCUT2D eigenvalue weighted by Gasteiger charge is 2.08. The molecule has 0 radical (unpaired) electrons. The summed E-state index contributed by atoms with van der Waals surface area (Å²) < 4.78 is 13.2. The second-order valence-electron chi connectivity index (χ2n) is 3.32. The molecule has 0 aliphatic carbocycles. The van der Waals surface area contributed by atoms with Gasteiger partial charge in [-0.2, -0.15) is 4.39 Å². The number of anilines is 1. The van der Waals surface area contributed by atoms with E-state index in [1.165, 1.54) is 12.3 Å². The Labute approximate surface area is 115 Å². The SMILES string of the molecule is O=C(Nc1cnc(Cl)c(Br)c1)c1ccc(F)nc1. The van der Waals surface area contributed by atoms with Crippen molar-refractivity contribution in [3.05, 3.63) is 51.7 Å². The van der Waals surface area contributed by atoms with Gasteiger partial charge in [0.05, 0.1) is 21.9 Å². The third kappa shape index (κ3) is 3.02. The van der Waals surface area contributed by atoms with Crippen molar-refractivity contribution in [3.8, 4) is 0 Å². The lowest BCUT2D eigenvalue weighted by Gasteiger charge is -2.05. The monoisotopic (exact) mass is 329 g/mol. The topological polar surface area (TPSA) is 54.9 Å². The van der Waals surface area contributed by atoms with E-state index in [1.807, 2.05) is 0 Å². The van der Waals surface area contributed by atoms with Crippen molar-refractivity contribution in [2.24, 2.45) is 0 Å². The number of carbonyl (C=O) groups excluding carboxylic acids is 1. The molecule has 0 aromatic carbocycles. The molecule has 0 spiro atoms. The first kappa shape index (κ1) is 12.9. The van der Waals surface area contributed by atoms with E-state index in [0.29, 0.717) is 15.3 Å². The molecule has 0 saturated carbocycles. The Morgan fingerprint density at radius 1 is 1.33 bits per heavy atom. The Morgan fingerprint density at radius 2 is 2.11 bits per heavy atom. The van der Waals surface area contributed by atoms with Crippen molar-refractivity contribution in [1.29, 1.82) is 0 Å². The van der Waals surface area contributed by atoms with E-state index in [-0.39, 0.29) is 5.56 Å². The standard InChI is InChI=1S/C11H6BrClFN3O/c12-8-3-7(5-16-10(8)13)17-11(18)6-1-2-9(14)15-4-6/h1-5H,(H,17,18). The van der Waals surface area contributed by atoms with Gasteiger partial charge in [0.2, 0.25) is 5.95 Å². The third-order valence-electron chi connectivity index (χ3n) is 2.04. The number of nitrogens with one attached hydrogen (secondary N) is 1. The molecule has 1 amide bonds. The fourth-order valence-corrected chi connectivity index (χ4v) is 1.66. The largest absolute Gasteiger partial charge is 0.321 e. The highest BCUT2D eigenvalue weighted by atomic mass is 79.9. The molecule has 2 rings (SSSR count). The van der Waals surface area contributed by atoms with Crippen LogP contribution in [0.2, 0.25) is 5.15 Å². The van der Waals surface area contributed by atoms with Crippen molar-refractivity contribution in [1.82, 2.24) is 9.97 Å². The molecule has 0 bridgehead atoms. The van der Waals surface area contributed by atoms with Gasteiger partial charge < -0.3 is 5.32 Å². The fourth-order valence-electron chi connectivity index (χ4n) is 1.20. The minimum absolute atomic E-state index is 0.252. The summed E-state index contributed by atoms with van der Waals surface area (Å²) in [6.07, 6.45) is 2.57. The molecule has 0 saturated heterocycles. The Bertz CT molecular complexity index is 591. The molecule has 2 heterocycles. The van der Waals surface area contributed by atoms with Crippen LogP contribution in [-0.4, -0.2) is 15.9 Å². The van der Waals surface area contributed by atoms with Crippen LogP contribution in [-0.2, 0) is 0 Å². The van der Waals surface area contributed by atoms with Gasteiger partial charge in [-0.05, 0) is 34.1 Å². The van der Waals surface area contributed by atoms with Crippen LogP contribution in [0.15, 0.2) is 35.1 Å². The van der Waals surface area contributed by atoms with Crippen molar-refractivity contribution < 1.29 is 9.18 Å². The molecule has 2 aromatic heterocycles. The Hall–Kier alpha value is -1.53. The normalized spacial score (nSPS) is 10.2. The average molecular weight is 331 g/mol. The zero-order valence-corrected chi connectivity index (χ0v) is 11.2. The van der Waals surface area contributed by atoms with Crippen LogP contribution in [0.4, 0.5) is 10.1 Å². The van der Waals surface area contributed by atoms with Gasteiger partial charge in [0.25, 0.3) is 5.91 Å². The van der Waals surface area contributed by atoms with Crippen LogP contribution in [0.5, 0.6) is 0 Å². The van der Waals surface area contributed by atoms with E-state index in [4.69, 9.17) is 11.6 Å². The molecule has 7 heteroatoms. The Kier molecular flexibility index (Phi) is 3.88. The van der Waals surface area contributed by atoms with Crippen molar-refractivity contribution in [3.63, 3.8) is 0 Å². The summed E-state index contributed by atoms with van der Waals surface area (Å²) in [7, 11) is 0. The van der Waals surface area contributed by atoms with E-state index in [9.17, 15) is 9.18 Å². The van der Waals surface area contributed by atoms with E-state index < -0.39 is 11.9 Å². The van der Waals surface area contributed by atoms with Gasteiger partial charge >= 0.3 is 0 Å². The van der Waals surface area contributed by atoms with Crippen LogP contribution >= 0.6 is 27.5 Å². The van der Waals surface area contributed by atoms with Gasteiger partial charge in [-0.3, -0.25) is 4.79 Å².